The standard InChI is InChI=1S/C18H14Cl2O/c19-16-10-4-9-15(18(16)20)17(21)11-13-7-3-6-12-5-1-2-8-14(12)13/h1-10,17,21H,11H2. The highest BCUT2D eigenvalue weighted by molar-refractivity contribution is 6.42. The van der Waals surface area contributed by atoms with Crippen molar-refractivity contribution < 1.29 is 5.11 Å². The van der Waals surface area contributed by atoms with Crippen molar-refractivity contribution in [2.45, 2.75) is 12.5 Å². The normalized spacial score (nSPS) is 12.5. The molecule has 1 N–H and O–H groups in total. The largest absolute Gasteiger partial charge is 0.388 e. The van der Waals surface area contributed by atoms with Gasteiger partial charge in [-0.05, 0) is 22.4 Å². The number of hydrogen-bond donors (Lipinski definition) is 1. The van der Waals surface area contributed by atoms with Crippen LogP contribution in [0.15, 0.2) is 60.7 Å². The van der Waals surface area contributed by atoms with Crippen LogP contribution in [0.5, 0.6) is 0 Å². The summed E-state index contributed by atoms with van der Waals surface area (Å²) in [5, 5.41) is 13.7. The van der Waals surface area contributed by atoms with Crippen molar-refractivity contribution in [1.29, 1.82) is 0 Å². The second-order valence-electron chi connectivity index (χ2n) is 5.00. The van der Waals surface area contributed by atoms with Gasteiger partial charge in [0, 0.05) is 12.0 Å². The SMILES string of the molecule is OC(Cc1cccc2ccccc12)c1cccc(Cl)c1Cl. The van der Waals surface area contributed by atoms with Gasteiger partial charge in [0.2, 0.25) is 0 Å². The van der Waals surface area contributed by atoms with Crippen molar-refractivity contribution in [2.24, 2.45) is 0 Å². The fraction of sp³-hybridized carbons (Fsp3) is 0.111. The highest BCUT2D eigenvalue weighted by atomic mass is 35.5. The Labute approximate surface area is 133 Å². The minimum Gasteiger partial charge on any atom is -0.388 e. The molecule has 0 heterocycles. The number of fused-ring (bicyclic) bond motifs is 1. The van der Waals surface area contributed by atoms with E-state index in [1.165, 1.54) is 5.39 Å². The molecular weight excluding hydrogens is 303 g/mol. The van der Waals surface area contributed by atoms with Crippen molar-refractivity contribution in [3.05, 3.63) is 81.8 Å². The lowest BCUT2D eigenvalue weighted by Gasteiger charge is -2.15. The van der Waals surface area contributed by atoms with E-state index < -0.39 is 6.10 Å². The molecule has 0 spiro atoms. The van der Waals surface area contributed by atoms with Crippen LogP contribution in [0.25, 0.3) is 10.8 Å². The van der Waals surface area contributed by atoms with E-state index in [9.17, 15) is 5.11 Å². The first-order chi connectivity index (χ1) is 10.2. The smallest absolute Gasteiger partial charge is 0.0845 e. The Kier molecular flexibility index (Phi) is 4.16. The molecule has 0 saturated heterocycles. The molecule has 0 aliphatic heterocycles. The fourth-order valence-electron chi connectivity index (χ4n) is 2.57. The summed E-state index contributed by atoms with van der Waals surface area (Å²) in [7, 11) is 0. The third kappa shape index (κ3) is 2.91. The molecule has 0 amide bonds. The number of rotatable bonds is 3. The summed E-state index contributed by atoms with van der Waals surface area (Å²) in [5.41, 5.74) is 1.76. The Balaban J connectivity index is 1.97. The quantitative estimate of drug-likeness (QED) is 0.683. The highest BCUT2D eigenvalue weighted by Crippen LogP contribution is 2.32. The molecule has 1 nitrogen and oxygen atoms in total. The number of halogens is 2. The van der Waals surface area contributed by atoms with Crippen LogP contribution in [0.1, 0.15) is 17.2 Å². The number of aliphatic hydroxyl groups excluding tert-OH is 1. The number of benzene rings is 3. The maximum Gasteiger partial charge on any atom is 0.0845 e. The van der Waals surface area contributed by atoms with E-state index in [2.05, 4.69) is 18.2 Å². The van der Waals surface area contributed by atoms with Crippen LogP contribution in [-0.2, 0) is 6.42 Å². The molecule has 0 saturated carbocycles. The molecule has 0 fully saturated rings. The molecule has 3 rings (SSSR count). The van der Waals surface area contributed by atoms with E-state index in [1.807, 2.05) is 30.3 Å². The zero-order chi connectivity index (χ0) is 14.8. The summed E-state index contributed by atoms with van der Waals surface area (Å²) in [6, 6.07) is 19.6. The van der Waals surface area contributed by atoms with Gasteiger partial charge in [-0.25, -0.2) is 0 Å². The van der Waals surface area contributed by atoms with Gasteiger partial charge in [0.05, 0.1) is 16.1 Å². The van der Waals surface area contributed by atoms with Crippen LogP contribution in [0.2, 0.25) is 10.0 Å². The Morgan fingerprint density at radius 1 is 0.857 bits per heavy atom. The first-order valence-electron chi connectivity index (χ1n) is 6.75. The zero-order valence-electron chi connectivity index (χ0n) is 11.3. The molecule has 106 valence electrons. The molecular formula is C18H14Cl2O. The predicted molar refractivity (Wildman–Crippen MR) is 89.1 cm³/mol. The Morgan fingerprint density at radius 2 is 1.57 bits per heavy atom. The molecule has 1 unspecified atom stereocenters. The van der Waals surface area contributed by atoms with E-state index >= 15 is 0 Å². The van der Waals surface area contributed by atoms with Gasteiger partial charge in [-0.15, -0.1) is 0 Å². The molecule has 0 bridgehead atoms. The summed E-state index contributed by atoms with van der Waals surface area (Å²) in [4.78, 5) is 0. The van der Waals surface area contributed by atoms with Crippen molar-refractivity contribution >= 4 is 34.0 Å². The molecule has 1 atom stereocenters. The molecule has 21 heavy (non-hydrogen) atoms. The molecule has 3 aromatic rings. The van der Waals surface area contributed by atoms with E-state index in [0.29, 0.717) is 22.0 Å². The molecule has 0 aliphatic carbocycles. The Hall–Kier alpha value is -1.54. The van der Waals surface area contributed by atoms with Gasteiger partial charge >= 0.3 is 0 Å². The fourth-order valence-corrected chi connectivity index (χ4v) is 3.00. The van der Waals surface area contributed by atoms with Gasteiger partial charge in [0.25, 0.3) is 0 Å². The van der Waals surface area contributed by atoms with Crippen molar-refractivity contribution in [3.63, 3.8) is 0 Å². The molecule has 0 aliphatic rings. The Morgan fingerprint density at radius 3 is 2.43 bits per heavy atom. The van der Waals surface area contributed by atoms with E-state index in [1.54, 1.807) is 12.1 Å². The summed E-state index contributed by atoms with van der Waals surface area (Å²) < 4.78 is 0. The second-order valence-corrected chi connectivity index (χ2v) is 5.79. The van der Waals surface area contributed by atoms with E-state index in [0.717, 1.165) is 10.9 Å². The van der Waals surface area contributed by atoms with Crippen molar-refractivity contribution in [3.8, 4) is 0 Å². The lowest BCUT2D eigenvalue weighted by Crippen LogP contribution is -2.03. The van der Waals surface area contributed by atoms with Crippen LogP contribution < -0.4 is 0 Å². The topological polar surface area (TPSA) is 20.2 Å². The van der Waals surface area contributed by atoms with Crippen molar-refractivity contribution in [1.82, 2.24) is 0 Å². The van der Waals surface area contributed by atoms with Gasteiger partial charge in [-0.1, -0.05) is 77.8 Å². The average Bonchev–Trinajstić information content (AvgIpc) is 2.50. The van der Waals surface area contributed by atoms with Crippen LogP contribution in [0.4, 0.5) is 0 Å². The molecule has 3 heteroatoms. The summed E-state index contributed by atoms with van der Waals surface area (Å²) in [6.07, 6.45) is -0.177. The number of hydrogen-bond acceptors (Lipinski definition) is 1. The molecule has 0 aromatic heterocycles. The maximum absolute atomic E-state index is 10.5. The molecule has 0 radical (unpaired) electrons. The van der Waals surface area contributed by atoms with Gasteiger partial charge < -0.3 is 5.11 Å². The summed E-state index contributed by atoms with van der Waals surface area (Å²) >= 11 is 12.2. The predicted octanol–water partition coefficient (Wildman–Crippen LogP) is 5.42. The average molecular weight is 317 g/mol. The first kappa shape index (κ1) is 14.4. The third-order valence-corrected chi connectivity index (χ3v) is 4.47. The van der Waals surface area contributed by atoms with Crippen LogP contribution in [0, 0.1) is 0 Å². The van der Waals surface area contributed by atoms with Gasteiger partial charge in [-0.3, -0.25) is 0 Å². The van der Waals surface area contributed by atoms with E-state index in [4.69, 9.17) is 23.2 Å². The minimum atomic E-state index is -0.679. The maximum atomic E-state index is 10.5. The van der Waals surface area contributed by atoms with Crippen molar-refractivity contribution in [2.75, 3.05) is 0 Å². The second kappa shape index (κ2) is 6.07. The van der Waals surface area contributed by atoms with Crippen LogP contribution in [0.3, 0.4) is 0 Å². The van der Waals surface area contributed by atoms with Crippen LogP contribution >= 0.6 is 23.2 Å². The summed E-state index contributed by atoms with van der Waals surface area (Å²) in [6.45, 7) is 0. The molecule has 3 aromatic carbocycles. The lowest BCUT2D eigenvalue weighted by atomic mass is 9.97. The number of aliphatic hydroxyl groups is 1. The zero-order valence-corrected chi connectivity index (χ0v) is 12.8. The lowest BCUT2D eigenvalue weighted by molar-refractivity contribution is 0.179. The minimum absolute atomic E-state index is 0.423. The first-order valence-corrected chi connectivity index (χ1v) is 7.51. The highest BCUT2D eigenvalue weighted by Gasteiger charge is 2.15. The Bertz CT molecular complexity index is 778. The van der Waals surface area contributed by atoms with E-state index in [-0.39, 0.29) is 0 Å². The van der Waals surface area contributed by atoms with Gasteiger partial charge in [-0.2, -0.15) is 0 Å². The summed E-state index contributed by atoms with van der Waals surface area (Å²) in [5.74, 6) is 0. The third-order valence-electron chi connectivity index (χ3n) is 3.63. The monoisotopic (exact) mass is 316 g/mol. The van der Waals surface area contributed by atoms with Gasteiger partial charge in [0.15, 0.2) is 0 Å². The van der Waals surface area contributed by atoms with Gasteiger partial charge in [0.1, 0.15) is 0 Å². The van der Waals surface area contributed by atoms with Crippen LogP contribution in [-0.4, -0.2) is 5.11 Å².